The lowest BCUT2D eigenvalue weighted by molar-refractivity contribution is -0.385. The average molecular weight is 415 g/mol. The molecule has 3 rings (SSSR count). The molecule has 0 saturated heterocycles. The second-order valence-corrected chi connectivity index (χ2v) is 9.14. The number of anilines is 1. The van der Waals surface area contributed by atoms with Crippen LogP contribution in [0.4, 0.5) is 11.4 Å². The zero-order chi connectivity index (χ0) is 20.3. The fraction of sp³-hybridized carbons (Fsp3) is 0.100. The van der Waals surface area contributed by atoms with Gasteiger partial charge >= 0.3 is 0 Å². The Morgan fingerprint density at radius 3 is 2.00 bits per heavy atom. The van der Waals surface area contributed by atoms with Crippen LogP contribution in [0.2, 0.25) is 0 Å². The minimum absolute atomic E-state index is 0.0948. The van der Waals surface area contributed by atoms with Crippen LogP contribution in [0.1, 0.15) is 11.1 Å². The highest BCUT2D eigenvalue weighted by atomic mass is 32.2. The number of rotatable bonds is 6. The first-order chi connectivity index (χ1) is 13.2. The second kappa shape index (κ2) is 8.04. The van der Waals surface area contributed by atoms with Crippen LogP contribution >= 0.6 is 11.8 Å². The topological polar surface area (TPSA) is 89.3 Å². The molecule has 0 aliphatic carbocycles. The average Bonchev–Trinajstić information content (AvgIpc) is 2.63. The molecule has 0 aliphatic rings. The normalized spacial score (nSPS) is 11.2. The lowest BCUT2D eigenvalue weighted by Crippen LogP contribution is -2.13. The SMILES string of the molecule is Cc1ccc(Sc2cc(NS(=O)(=O)c3ccc(C)cc3)cc([N+](=O)[O-])c2)cc1. The number of nitrogens with zero attached hydrogens (tertiary/aromatic N) is 1. The number of hydrogen-bond donors (Lipinski definition) is 1. The summed E-state index contributed by atoms with van der Waals surface area (Å²) in [6.45, 7) is 3.83. The third-order valence-corrected chi connectivity index (χ3v) is 6.32. The van der Waals surface area contributed by atoms with Gasteiger partial charge in [0.2, 0.25) is 0 Å². The summed E-state index contributed by atoms with van der Waals surface area (Å²) in [6, 6.07) is 18.3. The summed E-state index contributed by atoms with van der Waals surface area (Å²) >= 11 is 1.33. The van der Waals surface area contributed by atoms with Crippen molar-refractivity contribution in [2.75, 3.05) is 4.72 Å². The number of sulfonamides is 1. The van der Waals surface area contributed by atoms with Gasteiger partial charge < -0.3 is 0 Å². The predicted octanol–water partition coefficient (Wildman–Crippen LogP) is 5.16. The first-order valence-electron chi connectivity index (χ1n) is 8.36. The summed E-state index contributed by atoms with van der Waals surface area (Å²) < 4.78 is 27.7. The quantitative estimate of drug-likeness (QED) is 0.444. The van der Waals surface area contributed by atoms with Crippen molar-refractivity contribution in [1.82, 2.24) is 0 Å². The Morgan fingerprint density at radius 2 is 1.43 bits per heavy atom. The Morgan fingerprint density at radius 1 is 0.857 bits per heavy atom. The van der Waals surface area contributed by atoms with Gasteiger partial charge in [-0.15, -0.1) is 0 Å². The molecule has 0 bridgehead atoms. The third kappa shape index (κ3) is 4.90. The van der Waals surface area contributed by atoms with E-state index in [1.165, 1.54) is 36.0 Å². The summed E-state index contributed by atoms with van der Waals surface area (Å²) in [6.07, 6.45) is 0. The maximum Gasteiger partial charge on any atom is 0.272 e. The molecule has 0 aliphatic heterocycles. The van der Waals surface area contributed by atoms with Crippen LogP contribution in [0.25, 0.3) is 0 Å². The Balaban J connectivity index is 1.93. The minimum atomic E-state index is -3.85. The largest absolute Gasteiger partial charge is 0.279 e. The molecular formula is C20H18N2O4S2. The van der Waals surface area contributed by atoms with E-state index < -0.39 is 14.9 Å². The fourth-order valence-corrected chi connectivity index (χ4v) is 4.43. The number of hydrogen-bond acceptors (Lipinski definition) is 5. The van der Waals surface area contributed by atoms with Gasteiger partial charge in [0.15, 0.2) is 0 Å². The number of non-ortho nitro benzene ring substituents is 1. The number of aryl methyl sites for hydroxylation is 2. The Kier molecular flexibility index (Phi) is 5.71. The van der Waals surface area contributed by atoms with Gasteiger partial charge in [0, 0.05) is 21.9 Å². The van der Waals surface area contributed by atoms with Crippen LogP contribution in [-0.2, 0) is 10.0 Å². The molecule has 28 heavy (non-hydrogen) atoms. The van der Waals surface area contributed by atoms with Crippen LogP contribution in [-0.4, -0.2) is 13.3 Å². The molecule has 144 valence electrons. The number of nitrogens with one attached hydrogen (secondary N) is 1. The van der Waals surface area contributed by atoms with Crippen LogP contribution < -0.4 is 4.72 Å². The highest BCUT2D eigenvalue weighted by Gasteiger charge is 2.17. The molecular weight excluding hydrogens is 396 g/mol. The predicted molar refractivity (Wildman–Crippen MR) is 110 cm³/mol. The summed E-state index contributed by atoms with van der Waals surface area (Å²) in [5.41, 5.74) is 2.00. The van der Waals surface area contributed by atoms with Crippen LogP contribution in [0.3, 0.4) is 0 Å². The Hall–Kier alpha value is -2.84. The maximum atomic E-state index is 12.6. The Labute approximate surface area is 167 Å². The summed E-state index contributed by atoms with van der Waals surface area (Å²) in [5, 5.41) is 11.3. The van der Waals surface area contributed by atoms with E-state index in [4.69, 9.17) is 0 Å². The first-order valence-corrected chi connectivity index (χ1v) is 10.7. The van der Waals surface area contributed by atoms with Crippen molar-refractivity contribution in [1.29, 1.82) is 0 Å². The molecule has 0 spiro atoms. The third-order valence-electron chi connectivity index (χ3n) is 3.94. The molecule has 0 amide bonds. The molecule has 0 unspecified atom stereocenters. The van der Waals surface area contributed by atoms with E-state index in [2.05, 4.69) is 4.72 Å². The van der Waals surface area contributed by atoms with Crippen LogP contribution in [0.15, 0.2) is 81.4 Å². The van der Waals surface area contributed by atoms with Gasteiger partial charge in [0.05, 0.1) is 15.5 Å². The number of nitro benzene ring substituents is 1. The molecule has 0 saturated carbocycles. The molecule has 3 aromatic carbocycles. The van der Waals surface area contributed by atoms with E-state index >= 15 is 0 Å². The van der Waals surface area contributed by atoms with Crippen molar-refractivity contribution in [2.45, 2.75) is 28.5 Å². The minimum Gasteiger partial charge on any atom is -0.279 e. The van der Waals surface area contributed by atoms with Crippen molar-refractivity contribution in [3.63, 3.8) is 0 Å². The van der Waals surface area contributed by atoms with Gasteiger partial charge in [0.25, 0.3) is 15.7 Å². The van der Waals surface area contributed by atoms with Gasteiger partial charge in [0.1, 0.15) is 0 Å². The lowest BCUT2D eigenvalue weighted by atomic mass is 10.2. The van der Waals surface area contributed by atoms with E-state index in [9.17, 15) is 18.5 Å². The van der Waals surface area contributed by atoms with E-state index in [1.807, 2.05) is 38.1 Å². The molecule has 8 heteroatoms. The summed E-state index contributed by atoms with van der Waals surface area (Å²) in [5.74, 6) is 0. The molecule has 0 radical (unpaired) electrons. The fourth-order valence-electron chi connectivity index (χ4n) is 2.48. The number of nitro groups is 1. The smallest absolute Gasteiger partial charge is 0.272 e. The van der Waals surface area contributed by atoms with Gasteiger partial charge in [-0.05, 0) is 44.2 Å². The van der Waals surface area contributed by atoms with Crippen molar-refractivity contribution in [3.05, 3.63) is 88.0 Å². The first kappa shape index (κ1) is 19.9. The van der Waals surface area contributed by atoms with Crippen molar-refractivity contribution < 1.29 is 13.3 Å². The zero-order valence-electron chi connectivity index (χ0n) is 15.2. The zero-order valence-corrected chi connectivity index (χ0v) is 16.9. The molecule has 6 nitrogen and oxygen atoms in total. The van der Waals surface area contributed by atoms with Gasteiger partial charge in [-0.1, -0.05) is 47.2 Å². The van der Waals surface area contributed by atoms with Crippen LogP contribution in [0, 0.1) is 24.0 Å². The van der Waals surface area contributed by atoms with E-state index in [1.54, 1.807) is 18.2 Å². The van der Waals surface area contributed by atoms with Crippen molar-refractivity contribution in [2.24, 2.45) is 0 Å². The van der Waals surface area contributed by atoms with Crippen molar-refractivity contribution in [3.8, 4) is 0 Å². The van der Waals surface area contributed by atoms with Crippen LogP contribution in [0.5, 0.6) is 0 Å². The van der Waals surface area contributed by atoms with Gasteiger partial charge in [-0.3, -0.25) is 14.8 Å². The maximum absolute atomic E-state index is 12.6. The molecule has 0 aromatic heterocycles. The highest BCUT2D eigenvalue weighted by Crippen LogP contribution is 2.33. The monoisotopic (exact) mass is 414 g/mol. The second-order valence-electron chi connectivity index (χ2n) is 6.31. The lowest BCUT2D eigenvalue weighted by Gasteiger charge is -2.10. The van der Waals surface area contributed by atoms with Gasteiger partial charge in [-0.2, -0.15) is 0 Å². The Bertz CT molecular complexity index is 1110. The molecule has 0 atom stereocenters. The molecule has 3 aromatic rings. The van der Waals surface area contributed by atoms with E-state index in [-0.39, 0.29) is 16.3 Å². The highest BCUT2D eigenvalue weighted by molar-refractivity contribution is 7.99. The standard InChI is InChI=1S/C20H18N2O4S2/c1-14-3-7-18(8-4-14)27-19-12-16(11-17(13-19)22(23)24)21-28(25,26)20-9-5-15(2)6-10-20/h3-13,21H,1-2H3. The molecule has 1 N–H and O–H groups in total. The van der Waals surface area contributed by atoms with E-state index in [0.717, 1.165) is 16.0 Å². The molecule has 0 fully saturated rings. The number of benzene rings is 3. The van der Waals surface area contributed by atoms with Crippen molar-refractivity contribution >= 4 is 33.2 Å². The summed E-state index contributed by atoms with van der Waals surface area (Å²) in [7, 11) is -3.85. The van der Waals surface area contributed by atoms with Gasteiger partial charge in [-0.25, -0.2) is 8.42 Å². The van der Waals surface area contributed by atoms with E-state index in [0.29, 0.717) is 4.90 Å². The molecule has 0 heterocycles. The summed E-state index contributed by atoms with van der Waals surface area (Å²) in [4.78, 5) is 12.3.